The molecule has 0 N–H and O–H groups in total. The highest BCUT2D eigenvalue weighted by atomic mass is 32.1. The van der Waals surface area contributed by atoms with E-state index >= 15 is 0 Å². The van der Waals surface area contributed by atoms with Gasteiger partial charge in [-0.2, -0.15) is 0 Å². The molecule has 0 aliphatic rings. The predicted molar refractivity (Wildman–Crippen MR) is 122 cm³/mol. The van der Waals surface area contributed by atoms with E-state index in [0.29, 0.717) is 0 Å². The lowest BCUT2D eigenvalue weighted by Gasteiger charge is -2.05. The maximum atomic E-state index is 3.85. The molecule has 0 nitrogen and oxygen atoms in total. The van der Waals surface area contributed by atoms with Gasteiger partial charge in [0.25, 0.3) is 0 Å². The van der Waals surface area contributed by atoms with Crippen molar-refractivity contribution in [3.63, 3.8) is 0 Å². The molecule has 0 amide bonds. The molecule has 0 fully saturated rings. The topological polar surface area (TPSA) is 0 Å². The van der Waals surface area contributed by atoms with Gasteiger partial charge in [0.2, 0.25) is 0 Å². The monoisotopic (exact) mass is 366 g/mol. The minimum Gasteiger partial charge on any atom is -0.135 e. The fraction of sp³-hybridized carbons (Fsp3) is 0.0769. The molecule has 0 atom stereocenters. The Morgan fingerprint density at radius 3 is 2.22 bits per heavy atom. The van der Waals surface area contributed by atoms with Gasteiger partial charge in [0.1, 0.15) is 0 Å². The Balaban J connectivity index is 1.90. The first-order valence-electron chi connectivity index (χ1n) is 9.19. The Morgan fingerprint density at radius 2 is 1.52 bits per heavy atom. The zero-order chi connectivity index (χ0) is 18.8. The zero-order valence-corrected chi connectivity index (χ0v) is 16.5. The second-order valence-electron chi connectivity index (χ2n) is 6.75. The highest BCUT2D eigenvalue weighted by Gasteiger charge is 2.09. The van der Waals surface area contributed by atoms with Crippen LogP contribution < -0.4 is 0 Å². The van der Waals surface area contributed by atoms with Gasteiger partial charge in [0.05, 0.1) is 0 Å². The lowest BCUT2D eigenvalue weighted by Crippen LogP contribution is -1.81. The normalized spacial score (nSPS) is 12.3. The molecule has 0 saturated carbocycles. The third kappa shape index (κ3) is 3.39. The molecule has 0 unspecified atom stereocenters. The summed E-state index contributed by atoms with van der Waals surface area (Å²) in [4.78, 5) is 0. The maximum absolute atomic E-state index is 3.85. The molecule has 3 aromatic carbocycles. The van der Waals surface area contributed by atoms with Gasteiger partial charge in [-0.3, -0.25) is 0 Å². The summed E-state index contributed by atoms with van der Waals surface area (Å²) in [6.45, 7) is 8.02. The molecule has 0 saturated heterocycles. The predicted octanol–water partition coefficient (Wildman–Crippen LogP) is 8.18. The number of fused-ring (bicyclic) bond motifs is 3. The largest absolute Gasteiger partial charge is 0.135 e. The van der Waals surface area contributed by atoms with Crippen LogP contribution in [0.5, 0.6) is 0 Å². The van der Waals surface area contributed by atoms with E-state index in [-0.39, 0.29) is 0 Å². The van der Waals surface area contributed by atoms with Gasteiger partial charge >= 0.3 is 0 Å². The number of hydrogen-bond acceptors (Lipinski definition) is 1. The Kier molecular flexibility index (Phi) is 4.79. The van der Waals surface area contributed by atoms with Crippen LogP contribution in [0, 0.1) is 6.92 Å². The number of rotatable bonds is 4. The van der Waals surface area contributed by atoms with Crippen LogP contribution in [0.1, 0.15) is 18.1 Å². The smallest absolute Gasteiger partial charge is 0.0355 e. The average molecular weight is 367 g/mol. The van der Waals surface area contributed by atoms with Gasteiger partial charge in [-0.1, -0.05) is 72.8 Å². The van der Waals surface area contributed by atoms with Crippen molar-refractivity contribution in [2.45, 2.75) is 13.8 Å². The number of benzene rings is 3. The minimum atomic E-state index is 1.18. The minimum absolute atomic E-state index is 1.18. The van der Waals surface area contributed by atoms with Crippen molar-refractivity contribution < 1.29 is 0 Å². The summed E-state index contributed by atoms with van der Waals surface area (Å²) >= 11 is 1.86. The van der Waals surface area contributed by atoms with Crippen LogP contribution in [0.4, 0.5) is 0 Å². The van der Waals surface area contributed by atoms with E-state index in [4.69, 9.17) is 0 Å². The standard InChI is InChI=1S/C26H22S/c1-4-6-19(7-5-2)21-12-14-25-23(16-21)24-17-22(13-15-26(24)27-25)20-10-8-18(3)9-11-20/h4-17H,1H2,2-3H3/b7-5-,19-6+. The molecular weight excluding hydrogens is 344 g/mol. The molecule has 4 aromatic rings. The van der Waals surface area contributed by atoms with Crippen LogP contribution in [-0.4, -0.2) is 0 Å². The van der Waals surface area contributed by atoms with Crippen molar-refractivity contribution in [2.24, 2.45) is 0 Å². The van der Waals surface area contributed by atoms with Crippen molar-refractivity contribution in [2.75, 3.05) is 0 Å². The number of hydrogen-bond donors (Lipinski definition) is 0. The Hall–Kier alpha value is -2.90. The molecule has 132 valence electrons. The van der Waals surface area contributed by atoms with Crippen LogP contribution in [-0.2, 0) is 0 Å². The highest BCUT2D eigenvalue weighted by molar-refractivity contribution is 7.25. The summed E-state index contributed by atoms with van der Waals surface area (Å²) in [5.41, 5.74) is 6.22. The summed E-state index contributed by atoms with van der Waals surface area (Å²) in [6.07, 6.45) is 8.12. The van der Waals surface area contributed by atoms with E-state index in [1.54, 1.807) is 0 Å². The molecule has 4 rings (SSSR count). The third-order valence-electron chi connectivity index (χ3n) is 4.83. The Bertz CT molecular complexity index is 1180. The Labute approximate surface area is 164 Å². The van der Waals surface area contributed by atoms with E-state index < -0.39 is 0 Å². The van der Waals surface area contributed by atoms with Gasteiger partial charge in [0.15, 0.2) is 0 Å². The molecule has 1 heterocycles. The second-order valence-corrected chi connectivity index (χ2v) is 7.83. The molecule has 0 spiro atoms. The van der Waals surface area contributed by atoms with Crippen LogP contribution in [0.2, 0.25) is 0 Å². The molecule has 0 bridgehead atoms. The summed E-state index contributed by atoms with van der Waals surface area (Å²) in [7, 11) is 0. The molecule has 0 aliphatic heterocycles. The first kappa shape index (κ1) is 17.5. The van der Waals surface area contributed by atoms with E-state index in [1.165, 1.54) is 48.0 Å². The van der Waals surface area contributed by atoms with Crippen molar-refractivity contribution in [3.8, 4) is 11.1 Å². The number of thiophene rings is 1. The first-order chi connectivity index (χ1) is 13.2. The van der Waals surface area contributed by atoms with Gasteiger partial charge < -0.3 is 0 Å². The van der Waals surface area contributed by atoms with Gasteiger partial charge in [-0.15, -0.1) is 11.3 Å². The maximum Gasteiger partial charge on any atom is 0.0355 e. The van der Waals surface area contributed by atoms with Crippen LogP contribution in [0.25, 0.3) is 36.9 Å². The van der Waals surface area contributed by atoms with Crippen LogP contribution >= 0.6 is 11.3 Å². The second kappa shape index (κ2) is 7.38. The van der Waals surface area contributed by atoms with Crippen LogP contribution in [0.15, 0.2) is 91.5 Å². The van der Waals surface area contributed by atoms with E-state index in [0.717, 1.165) is 0 Å². The SMILES string of the molecule is C=C/C=C(\C=C/C)c1ccc2sc3ccc(-c4ccc(C)cc4)cc3c2c1. The number of allylic oxidation sites excluding steroid dienone is 5. The molecule has 1 heteroatoms. The summed E-state index contributed by atoms with van der Waals surface area (Å²) in [5.74, 6) is 0. The lowest BCUT2D eigenvalue weighted by atomic mass is 9.99. The lowest BCUT2D eigenvalue weighted by molar-refractivity contribution is 1.47. The molecule has 27 heavy (non-hydrogen) atoms. The van der Waals surface area contributed by atoms with E-state index in [9.17, 15) is 0 Å². The van der Waals surface area contributed by atoms with Gasteiger partial charge in [-0.05, 0) is 60.4 Å². The molecule has 1 aromatic heterocycles. The van der Waals surface area contributed by atoms with Crippen molar-refractivity contribution in [1.29, 1.82) is 0 Å². The highest BCUT2D eigenvalue weighted by Crippen LogP contribution is 2.37. The summed E-state index contributed by atoms with van der Waals surface area (Å²) in [5, 5.41) is 2.65. The van der Waals surface area contributed by atoms with Crippen LogP contribution in [0.3, 0.4) is 0 Å². The molecule has 0 aliphatic carbocycles. The van der Waals surface area contributed by atoms with E-state index in [2.05, 4.69) is 92.4 Å². The average Bonchev–Trinajstić information content (AvgIpc) is 3.05. The number of aryl methyl sites for hydroxylation is 1. The molecule has 0 radical (unpaired) electrons. The van der Waals surface area contributed by atoms with Gasteiger partial charge in [-0.25, -0.2) is 0 Å². The fourth-order valence-electron chi connectivity index (χ4n) is 3.44. The third-order valence-corrected chi connectivity index (χ3v) is 5.98. The molecular formula is C26H22S. The fourth-order valence-corrected chi connectivity index (χ4v) is 4.50. The van der Waals surface area contributed by atoms with Crippen molar-refractivity contribution in [1.82, 2.24) is 0 Å². The van der Waals surface area contributed by atoms with Gasteiger partial charge in [0, 0.05) is 20.2 Å². The summed E-state index contributed by atoms with van der Waals surface area (Å²) in [6, 6.07) is 22.3. The summed E-state index contributed by atoms with van der Waals surface area (Å²) < 4.78 is 2.66. The van der Waals surface area contributed by atoms with Crippen molar-refractivity contribution in [3.05, 3.63) is 103 Å². The first-order valence-corrected chi connectivity index (χ1v) is 10.0. The Morgan fingerprint density at radius 1 is 0.852 bits per heavy atom. The van der Waals surface area contributed by atoms with E-state index in [1.807, 2.05) is 24.3 Å². The van der Waals surface area contributed by atoms with Crippen molar-refractivity contribution >= 4 is 37.1 Å². The zero-order valence-electron chi connectivity index (χ0n) is 15.7. The quantitative estimate of drug-likeness (QED) is 0.319.